The molecule has 0 amide bonds. The van der Waals surface area contributed by atoms with Crippen LogP contribution in [0.2, 0.25) is 0 Å². The Morgan fingerprint density at radius 3 is 2.58 bits per heavy atom. The fourth-order valence-corrected chi connectivity index (χ4v) is 3.27. The summed E-state index contributed by atoms with van der Waals surface area (Å²) < 4.78 is 37.3. The number of ketones is 1. The first kappa shape index (κ1) is 14.8. The zero-order chi connectivity index (χ0) is 14.0. The molecule has 3 unspecified atom stereocenters. The van der Waals surface area contributed by atoms with Crippen molar-refractivity contribution in [2.75, 3.05) is 13.1 Å². The highest BCUT2D eigenvalue weighted by atomic mass is 19.4. The lowest BCUT2D eigenvalue weighted by molar-refractivity contribution is -0.210. The Kier molecular flexibility index (Phi) is 4.50. The van der Waals surface area contributed by atoms with Gasteiger partial charge in [-0.15, -0.1) is 0 Å². The van der Waals surface area contributed by atoms with E-state index in [2.05, 4.69) is 0 Å². The molecule has 1 saturated carbocycles. The van der Waals surface area contributed by atoms with Crippen LogP contribution in [0.4, 0.5) is 13.2 Å². The second-order valence-electron chi connectivity index (χ2n) is 5.58. The minimum Gasteiger partial charge on any atom is -0.382 e. The molecule has 0 aromatic rings. The van der Waals surface area contributed by atoms with Gasteiger partial charge in [0, 0.05) is 24.9 Å². The van der Waals surface area contributed by atoms with Crippen LogP contribution in [0.5, 0.6) is 0 Å². The lowest BCUT2D eigenvalue weighted by atomic mass is 9.88. The van der Waals surface area contributed by atoms with Crippen LogP contribution in [0, 0.1) is 5.92 Å². The number of β-amino-alcohol motifs (C(OH)–C–C–N with tert-alkyl or cyclic N) is 1. The van der Waals surface area contributed by atoms with Crippen LogP contribution in [-0.4, -0.2) is 47.2 Å². The summed E-state index contributed by atoms with van der Waals surface area (Å²) in [5.41, 5.74) is 0. The van der Waals surface area contributed by atoms with Gasteiger partial charge in [0.15, 0.2) is 6.10 Å². The number of rotatable bonds is 3. The molecule has 3 nitrogen and oxygen atoms in total. The number of carbonyl (C=O) groups excluding carboxylic acids is 1. The Hall–Kier alpha value is -0.620. The third-order valence-electron chi connectivity index (χ3n) is 4.27. The molecular weight excluding hydrogens is 259 g/mol. The van der Waals surface area contributed by atoms with E-state index >= 15 is 0 Å². The van der Waals surface area contributed by atoms with Crippen LogP contribution in [-0.2, 0) is 4.79 Å². The van der Waals surface area contributed by atoms with Crippen molar-refractivity contribution in [3.8, 4) is 0 Å². The Morgan fingerprint density at radius 2 is 2.00 bits per heavy atom. The van der Waals surface area contributed by atoms with Crippen LogP contribution in [0.3, 0.4) is 0 Å². The van der Waals surface area contributed by atoms with Gasteiger partial charge in [-0.05, 0) is 32.2 Å². The first-order valence-electron chi connectivity index (χ1n) is 6.91. The molecule has 2 fully saturated rings. The summed E-state index contributed by atoms with van der Waals surface area (Å²) in [5.74, 6) is 0.0548. The quantitative estimate of drug-likeness (QED) is 0.860. The lowest BCUT2D eigenvalue weighted by Gasteiger charge is -2.39. The molecule has 2 rings (SSSR count). The summed E-state index contributed by atoms with van der Waals surface area (Å²) in [4.78, 5) is 13.5. The van der Waals surface area contributed by atoms with Crippen molar-refractivity contribution in [1.82, 2.24) is 4.90 Å². The molecule has 0 radical (unpaired) electrons. The molecule has 1 aliphatic heterocycles. The fourth-order valence-electron chi connectivity index (χ4n) is 3.27. The van der Waals surface area contributed by atoms with E-state index < -0.39 is 18.8 Å². The molecule has 2 aliphatic rings. The topological polar surface area (TPSA) is 40.5 Å². The van der Waals surface area contributed by atoms with Crippen molar-refractivity contribution in [2.45, 2.75) is 56.8 Å². The molecule has 1 heterocycles. The number of hydrogen-bond acceptors (Lipinski definition) is 3. The zero-order valence-corrected chi connectivity index (χ0v) is 10.8. The summed E-state index contributed by atoms with van der Waals surface area (Å²) in [7, 11) is 0. The number of likely N-dealkylation sites (tertiary alicyclic amines) is 1. The van der Waals surface area contributed by atoms with Gasteiger partial charge in [0.1, 0.15) is 5.78 Å². The van der Waals surface area contributed by atoms with Crippen molar-refractivity contribution >= 4 is 5.78 Å². The number of aliphatic hydroxyl groups is 1. The predicted molar refractivity (Wildman–Crippen MR) is 63.6 cm³/mol. The molecule has 0 aromatic heterocycles. The van der Waals surface area contributed by atoms with Crippen LogP contribution < -0.4 is 0 Å². The van der Waals surface area contributed by atoms with E-state index in [1.165, 1.54) is 0 Å². The Labute approximate surface area is 110 Å². The number of Topliss-reactive ketones (excluding diaryl/α,β-unsaturated/α-hetero) is 1. The van der Waals surface area contributed by atoms with Gasteiger partial charge in [0.25, 0.3) is 0 Å². The third kappa shape index (κ3) is 3.48. The minimum absolute atomic E-state index is 0.110. The summed E-state index contributed by atoms with van der Waals surface area (Å²) in [6.07, 6.45) is -2.17. The second-order valence-corrected chi connectivity index (χ2v) is 5.58. The number of hydrogen-bond donors (Lipinski definition) is 1. The minimum atomic E-state index is -4.58. The van der Waals surface area contributed by atoms with E-state index in [0.717, 1.165) is 32.1 Å². The average molecular weight is 279 g/mol. The molecule has 0 bridgehead atoms. The number of halogens is 3. The van der Waals surface area contributed by atoms with E-state index in [1.807, 2.05) is 0 Å². The van der Waals surface area contributed by atoms with E-state index in [-0.39, 0.29) is 17.7 Å². The van der Waals surface area contributed by atoms with Gasteiger partial charge in [-0.3, -0.25) is 9.69 Å². The van der Waals surface area contributed by atoms with Crippen molar-refractivity contribution in [1.29, 1.82) is 0 Å². The van der Waals surface area contributed by atoms with Gasteiger partial charge in [0.2, 0.25) is 0 Å². The number of alkyl halides is 3. The van der Waals surface area contributed by atoms with Crippen molar-refractivity contribution < 1.29 is 23.1 Å². The maximum absolute atomic E-state index is 12.4. The Morgan fingerprint density at radius 1 is 1.26 bits per heavy atom. The highest BCUT2D eigenvalue weighted by Crippen LogP contribution is 2.33. The zero-order valence-electron chi connectivity index (χ0n) is 10.8. The molecular formula is C13H20F3NO2. The van der Waals surface area contributed by atoms with E-state index in [0.29, 0.717) is 13.0 Å². The van der Waals surface area contributed by atoms with Crippen molar-refractivity contribution in [3.63, 3.8) is 0 Å². The Bertz CT molecular complexity index is 332. The molecule has 1 N–H and O–H groups in total. The monoisotopic (exact) mass is 279 g/mol. The highest BCUT2D eigenvalue weighted by Gasteiger charge is 2.43. The second kappa shape index (κ2) is 5.79. The Balaban J connectivity index is 2.02. The summed E-state index contributed by atoms with van der Waals surface area (Å²) in [6.45, 7) is 0.138. The molecule has 0 aromatic carbocycles. The normalized spacial score (nSPS) is 31.7. The summed E-state index contributed by atoms with van der Waals surface area (Å²) in [5, 5.41) is 9.21. The lowest BCUT2D eigenvalue weighted by Crippen LogP contribution is -2.51. The van der Waals surface area contributed by atoms with E-state index in [1.54, 1.807) is 4.90 Å². The summed E-state index contributed by atoms with van der Waals surface area (Å²) >= 11 is 0. The van der Waals surface area contributed by atoms with Crippen LogP contribution in [0.1, 0.15) is 38.5 Å². The molecule has 0 spiro atoms. The fraction of sp³-hybridized carbons (Fsp3) is 0.923. The first-order chi connectivity index (χ1) is 8.89. The van der Waals surface area contributed by atoms with Gasteiger partial charge in [-0.1, -0.05) is 6.42 Å². The standard InChI is InChI=1S/C13H20F3NO2/c14-13(15,16)12(19)8-17-7-2-1-5-10(17)9-4-3-6-11(9)18/h9-10,12,19H,1-8H2. The maximum Gasteiger partial charge on any atom is 0.415 e. The van der Waals surface area contributed by atoms with Gasteiger partial charge in [0.05, 0.1) is 0 Å². The maximum atomic E-state index is 12.4. The van der Waals surface area contributed by atoms with Gasteiger partial charge < -0.3 is 5.11 Å². The number of aliphatic hydroxyl groups excluding tert-OH is 1. The average Bonchev–Trinajstić information content (AvgIpc) is 2.75. The van der Waals surface area contributed by atoms with Crippen LogP contribution >= 0.6 is 0 Å². The van der Waals surface area contributed by atoms with Gasteiger partial charge >= 0.3 is 6.18 Å². The van der Waals surface area contributed by atoms with Crippen LogP contribution in [0.25, 0.3) is 0 Å². The van der Waals surface area contributed by atoms with Crippen molar-refractivity contribution in [2.24, 2.45) is 5.92 Å². The number of piperidine rings is 1. The third-order valence-corrected chi connectivity index (χ3v) is 4.27. The molecule has 110 valence electrons. The largest absolute Gasteiger partial charge is 0.415 e. The van der Waals surface area contributed by atoms with Crippen LogP contribution in [0.15, 0.2) is 0 Å². The SMILES string of the molecule is O=C1CCCC1C1CCCCN1CC(O)C(F)(F)F. The molecule has 1 aliphatic carbocycles. The molecule has 6 heteroatoms. The molecule has 3 atom stereocenters. The van der Waals surface area contributed by atoms with E-state index in [4.69, 9.17) is 0 Å². The van der Waals surface area contributed by atoms with Crippen molar-refractivity contribution in [3.05, 3.63) is 0 Å². The van der Waals surface area contributed by atoms with Gasteiger partial charge in [-0.25, -0.2) is 0 Å². The predicted octanol–water partition coefficient (Wildman–Crippen LogP) is 2.13. The van der Waals surface area contributed by atoms with Gasteiger partial charge in [-0.2, -0.15) is 13.2 Å². The summed E-state index contributed by atoms with van der Waals surface area (Å²) in [6, 6.07) is -0.110. The molecule has 19 heavy (non-hydrogen) atoms. The highest BCUT2D eigenvalue weighted by molar-refractivity contribution is 5.83. The number of carbonyl (C=O) groups is 1. The number of nitrogens with zero attached hydrogens (tertiary/aromatic N) is 1. The van der Waals surface area contributed by atoms with E-state index in [9.17, 15) is 23.1 Å². The smallest absolute Gasteiger partial charge is 0.382 e. The molecule has 1 saturated heterocycles. The first-order valence-corrected chi connectivity index (χ1v) is 6.91.